The van der Waals surface area contributed by atoms with Crippen LogP contribution in [0, 0.1) is 0 Å². The van der Waals surface area contributed by atoms with Gasteiger partial charge in [0.05, 0.1) is 0 Å². The minimum atomic E-state index is -1.29. The molecule has 0 saturated carbocycles. The predicted octanol–water partition coefficient (Wildman–Crippen LogP) is 4.00. The van der Waals surface area contributed by atoms with Crippen molar-refractivity contribution in [2.24, 2.45) is 0 Å². The Labute approximate surface area is 136 Å². The minimum Gasteiger partial charge on any atom is -0.507 e. The van der Waals surface area contributed by atoms with Crippen LogP contribution in [-0.2, 0) is 26.4 Å². The smallest absolute Gasteiger partial charge is 0.149 e. The molecule has 0 saturated heterocycles. The maximum atomic E-state index is 12.0. The lowest BCUT2D eigenvalue weighted by Gasteiger charge is -2.29. The maximum absolute atomic E-state index is 12.0. The van der Waals surface area contributed by atoms with Crippen LogP contribution in [0.1, 0.15) is 70.4 Å². The van der Waals surface area contributed by atoms with E-state index in [4.69, 9.17) is 0 Å². The van der Waals surface area contributed by atoms with Gasteiger partial charge in [0, 0.05) is 17.1 Å². The summed E-state index contributed by atoms with van der Waals surface area (Å²) in [7, 11) is -1.29. The van der Waals surface area contributed by atoms with E-state index in [2.05, 4.69) is 0 Å². The fraction of sp³-hybridized carbons (Fsp3) is 0.611. The summed E-state index contributed by atoms with van der Waals surface area (Å²) in [6.07, 6.45) is 1.55. The molecule has 1 rings (SSSR count). The quantitative estimate of drug-likeness (QED) is 0.914. The van der Waals surface area contributed by atoms with Crippen molar-refractivity contribution in [3.8, 4) is 5.75 Å². The Morgan fingerprint density at radius 3 is 1.64 bits per heavy atom. The van der Waals surface area contributed by atoms with E-state index in [-0.39, 0.29) is 22.4 Å². The molecule has 0 aliphatic carbocycles. The number of aromatic hydroxyl groups is 1. The molecular weight excluding hydrogens is 296 g/mol. The summed E-state index contributed by atoms with van der Waals surface area (Å²) < 4.78 is 12.0. The molecule has 0 aromatic heterocycles. The molecule has 3 nitrogen and oxygen atoms in total. The number of phenolic OH excluding ortho intramolecular Hbond substituents is 1. The summed E-state index contributed by atoms with van der Waals surface area (Å²) in [4.78, 5) is 11.9. The molecule has 0 aliphatic heterocycles. The third kappa shape index (κ3) is 3.97. The van der Waals surface area contributed by atoms with Gasteiger partial charge >= 0.3 is 0 Å². The lowest BCUT2D eigenvalue weighted by Crippen LogP contribution is -2.21. The average molecular weight is 324 g/mol. The summed E-state index contributed by atoms with van der Waals surface area (Å²) in [6.45, 7) is 13.6. The SMILES string of the molecule is CC(=O)C(c1cc(C(C)(C)C)c(O)c(C(C)(C)C)c1)S(C)=O. The molecule has 1 aromatic rings. The van der Waals surface area contributed by atoms with Crippen LogP contribution in [0.25, 0.3) is 0 Å². The summed E-state index contributed by atoms with van der Waals surface area (Å²) in [6, 6.07) is 3.66. The van der Waals surface area contributed by atoms with E-state index < -0.39 is 16.0 Å². The van der Waals surface area contributed by atoms with Gasteiger partial charge in [0.15, 0.2) is 0 Å². The Balaban J connectivity index is 3.75. The molecular formula is C18H28O3S. The summed E-state index contributed by atoms with van der Waals surface area (Å²) in [5.74, 6) is 0.152. The first-order chi connectivity index (χ1) is 9.76. The van der Waals surface area contributed by atoms with Crippen molar-refractivity contribution in [3.05, 3.63) is 28.8 Å². The summed E-state index contributed by atoms with van der Waals surface area (Å²) in [5.41, 5.74) is 1.76. The number of hydrogen-bond acceptors (Lipinski definition) is 3. The van der Waals surface area contributed by atoms with Crippen molar-refractivity contribution >= 4 is 16.6 Å². The highest BCUT2D eigenvalue weighted by atomic mass is 32.2. The lowest BCUT2D eigenvalue weighted by molar-refractivity contribution is -0.116. The van der Waals surface area contributed by atoms with E-state index in [1.54, 1.807) is 6.26 Å². The monoisotopic (exact) mass is 324 g/mol. The number of rotatable bonds is 3. The normalized spacial score (nSPS) is 15.5. The largest absolute Gasteiger partial charge is 0.507 e. The molecule has 0 aliphatic rings. The molecule has 2 unspecified atom stereocenters. The van der Waals surface area contributed by atoms with Crippen LogP contribution in [0.4, 0.5) is 0 Å². The molecule has 2 atom stereocenters. The second-order valence-corrected chi connectivity index (χ2v) is 9.42. The van der Waals surface area contributed by atoms with Gasteiger partial charge in [-0.15, -0.1) is 0 Å². The van der Waals surface area contributed by atoms with Gasteiger partial charge < -0.3 is 5.11 Å². The number of ketones is 1. The summed E-state index contributed by atoms with van der Waals surface area (Å²) >= 11 is 0. The van der Waals surface area contributed by atoms with Gasteiger partial charge in [-0.2, -0.15) is 0 Å². The number of carbonyl (C=O) groups is 1. The molecule has 124 valence electrons. The first kappa shape index (κ1) is 18.9. The van der Waals surface area contributed by atoms with Crippen LogP contribution in [-0.4, -0.2) is 21.4 Å². The average Bonchev–Trinajstić information content (AvgIpc) is 2.26. The van der Waals surface area contributed by atoms with Gasteiger partial charge in [-0.25, -0.2) is 0 Å². The van der Waals surface area contributed by atoms with Crippen molar-refractivity contribution in [1.82, 2.24) is 0 Å². The second kappa shape index (κ2) is 6.15. The highest BCUT2D eigenvalue weighted by molar-refractivity contribution is 7.85. The number of hydrogen-bond donors (Lipinski definition) is 1. The summed E-state index contributed by atoms with van der Waals surface area (Å²) in [5, 5.41) is 10.0. The topological polar surface area (TPSA) is 54.4 Å². The van der Waals surface area contributed by atoms with Crippen LogP contribution in [0.3, 0.4) is 0 Å². The van der Waals surface area contributed by atoms with Gasteiger partial charge in [-0.1, -0.05) is 41.5 Å². The van der Waals surface area contributed by atoms with Gasteiger partial charge in [0.25, 0.3) is 0 Å². The van der Waals surface area contributed by atoms with Crippen molar-refractivity contribution < 1.29 is 14.1 Å². The Kier molecular flexibility index (Phi) is 5.28. The van der Waals surface area contributed by atoms with E-state index in [9.17, 15) is 14.1 Å². The van der Waals surface area contributed by atoms with Crippen molar-refractivity contribution in [3.63, 3.8) is 0 Å². The molecule has 4 heteroatoms. The maximum Gasteiger partial charge on any atom is 0.149 e. The second-order valence-electron chi connectivity index (χ2n) is 7.95. The van der Waals surface area contributed by atoms with Gasteiger partial charge in [0.2, 0.25) is 0 Å². The van der Waals surface area contributed by atoms with E-state index in [0.29, 0.717) is 0 Å². The van der Waals surface area contributed by atoms with Crippen LogP contribution in [0.2, 0.25) is 0 Å². The number of Topliss-reactive ketones (excluding diaryl/α,β-unsaturated/α-hetero) is 1. The standard InChI is InChI=1S/C18H28O3S/c1-11(19)16(22(8)21)12-9-13(17(2,3)4)15(20)14(10-12)18(5,6)7/h9-10,16,20H,1-8H3. The molecule has 1 aromatic carbocycles. The van der Waals surface area contributed by atoms with Gasteiger partial charge in [0.1, 0.15) is 16.8 Å². The molecule has 0 radical (unpaired) electrons. The third-order valence-corrected chi connectivity index (χ3v) is 5.02. The zero-order valence-corrected chi connectivity index (χ0v) is 15.7. The van der Waals surface area contributed by atoms with Crippen molar-refractivity contribution in [2.75, 3.05) is 6.26 Å². The fourth-order valence-corrected chi connectivity index (χ4v) is 3.60. The highest BCUT2D eigenvalue weighted by Crippen LogP contribution is 2.41. The Morgan fingerprint density at radius 1 is 1.05 bits per heavy atom. The Morgan fingerprint density at radius 2 is 1.41 bits per heavy atom. The van der Waals surface area contributed by atoms with Gasteiger partial charge in [-0.3, -0.25) is 9.00 Å². The van der Waals surface area contributed by atoms with Crippen molar-refractivity contribution in [2.45, 2.75) is 64.5 Å². The molecule has 1 N–H and O–H groups in total. The zero-order valence-electron chi connectivity index (χ0n) is 14.9. The van der Waals surface area contributed by atoms with Crippen LogP contribution < -0.4 is 0 Å². The zero-order chi connectivity index (χ0) is 17.5. The molecule has 22 heavy (non-hydrogen) atoms. The molecule has 0 heterocycles. The van der Waals surface area contributed by atoms with Crippen LogP contribution in [0.15, 0.2) is 12.1 Å². The minimum absolute atomic E-state index is 0.119. The van der Waals surface area contributed by atoms with E-state index in [0.717, 1.165) is 16.7 Å². The highest BCUT2D eigenvalue weighted by Gasteiger charge is 2.30. The first-order valence-electron chi connectivity index (χ1n) is 7.47. The van der Waals surface area contributed by atoms with Crippen molar-refractivity contribution in [1.29, 1.82) is 0 Å². The first-order valence-corrected chi connectivity index (χ1v) is 9.09. The number of carbonyl (C=O) groups excluding carboxylic acids is 1. The molecule has 0 spiro atoms. The molecule has 0 bridgehead atoms. The number of phenols is 1. The Bertz CT molecular complexity index is 555. The number of benzene rings is 1. The molecule has 0 amide bonds. The van der Waals surface area contributed by atoms with Gasteiger partial charge in [-0.05, 0) is 46.6 Å². The van der Waals surface area contributed by atoms with E-state index in [1.165, 1.54) is 6.92 Å². The van der Waals surface area contributed by atoms with E-state index >= 15 is 0 Å². The van der Waals surface area contributed by atoms with Crippen LogP contribution in [0.5, 0.6) is 5.75 Å². The third-order valence-electron chi connectivity index (χ3n) is 3.75. The fourth-order valence-electron chi connectivity index (χ4n) is 2.61. The predicted molar refractivity (Wildman–Crippen MR) is 93.0 cm³/mol. The Hall–Kier alpha value is -1.16. The molecule has 0 fully saturated rings. The van der Waals surface area contributed by atoms with Crippen LogP contribution >= 0.6 is 0 Å². The lowest BCUT2D eigenvalue weighted by atomic mass is 9.78. The van der Waals surface area contributed by atoms with E-state index in [1.807, 2.05) is 53.7 Å².